The molecule has 0 atom stereocenters. The Hall–Kier alpha value is -2.60. The number of nitrogens with one attached hydrogen (secondary N) is 2. The molecule has 2 aromatic carbocycles. The van der Waals surface area contributed by atoms with Gasteiger partial charge in [-0.1, -0.05) is 12.1 Å². The van der Waals surface area contributed by atoms with Crippen molar-refractivity contribution in [1.29, 1.82) is 0 Å². The number of hydrogen-bond acceptors (Lipinski definition) is 4. The Balaban J connectivity index is 1.82. The van der Waals surface area contributed by atoms with Crippen LogP contribution >= 0.6 is 12.2 Å². The molecule has 0 aromatic heterocycles. The van der Waals surface area contributed by atoms with Gasteiger partial charge in [-0.3, -0.25) is 10.1 Å². The molecule has 0 bridgehead atoms. The van der Waals surface area contributed by atoms with Crippen molar-refractivity contribution in [2.24, 2.45) is 0 Å². The molecule has 2 N–H and O–H groups in total. The molecule has 0 aliphatic carbocycles. The fraction of sp³-hybridized carbons (Fsp3) is 0.222. The molecule has 0 saturated carbocycles. The van der Waals surface area contributed by atoms with Gasteiger partial charge in [-0.05, 0) is 67.5 Å². The van der Waals surface area contributed by atoms with E-state index in [1.807, 2.05) is 44.2 Å². The van der Waals surface area contributed by atoms with E-state index in [0.717, 1.165) is 22.6 Å². The summed E-state index contributed by atoms with van der Waals surface area (Å²) in [6.45, 7) is 3.80. The molecule has 2 rings (SSSR count). The third kappa shape index (κ3) is 5.24. The summed E-state index contributed by atoms with van der Waals surface area (Å²) in [4.78, 5) is 11.9. The maximum Gasteiger partial charge on any atom is 0.264 e. The predicted octanol–water partition coefficient (Wildman–Crippen LogP) is 3.20. The zero-order valence-corrected chi connectivity index (χ0v) is 14.7. The lowest BCUT2D eigenvalue weighted by Gasteiger charge is -2.12. The zero-order chi connectivity index (χ0) is 17.5. The second-order valence-corrected chi connectivity index (χ2v) is 5.70. The molecule has 0 heterocycles. The summed E-state index contributed by atoms with van der Waals surface area (Å²) in [7, 11) is 1.60. The first-order valence-corrected chi connectivity index (χ1v) is 7.83. The van der Waals surface area contributed by atoms with Gasteiger partial charge in [-0.25, -0.2) is 0 Å². The van der Waals surface area contributed by atoms with Gasteiger partial charge in [0, 0.05) is 5.69 Å². The van der Waals surface area contributed by atoms with E-state index in [1.54, 1.807) is 19.2 Å². The maximum absolute atomic E-state index is 11.9. The van der Waals surface area contributed by atoms with Crippen LogP contribution in [0.2, 0.25) is 0 Å². The highest BCUT2D eigenvalue weighted by Gasteiger charge is 2.07. The molecule has 6 heteroatoms. The fourth-order valence-electron chi connectivity index (χ4n) is 2.01. The minimum absolute atomic E-state index is 0.102. The van der Waals surface area contributed by atoms with Gasteiger partial charge in [-0.15, -0.1) is 0 Å². The summed E-state index contributed by atoms with van der Waals surface area (Å²) in [5, 5.41) is 5.74. The second kappa shape index (κ2) is 8.31. The number of aryl methyl sites for hydroxylation is 2. The Morgan fingerprint density at radius 1 is 1.12 bits per heavy atom. The lowest BCUT2D eigenvalue weighted by atomic mass is 10.1. The smallest absolute Gasteiger partial charge is 0.264 e. The van der Waals surface area contributed by atoms with Crippen LogP contribution in [0.3, 0.4) is 0 Å². The van der Waals surface area contributed by atoms with Crippen molar-refractivity contribution >= 4 is 28.9 Å². The van der Waals surface area contributed by atoms with Crippen LogP contribution in [0.25, 0.3) is 0 Å². The first-order chi connectivity index (χ1) is 11.5. The summed E-state index contributed by atoms with van der Waals surface area (Å²) < 4.78 is 10.6. The van der Waals surface area contributed by atoms with Gasteiger partial charge >= 0.3 is 0 Å². The van der Waals surface area contributed by atoms with Crippen molar-refractivity contribution in [3.05, 3.63) is 53.6 Å². The van der Waals surface area contributed by atoms with Crippen LogP contribution in [0.5, 0.6) is 11.5 Å². The van der Waals surface area contributed by atoms with Gasteiger partial charge in [0.05, 0.1) is 7.11 Å². The van der Waals surface area contributed by atoms with Gasteiger partial charge in [-0.2, -0.15) is 0 Å². The summed E-state index contributed by atoms with van der Waals surface area (Å²) >= 11 is 5.12. The molecule has 0 aliphatic rings. The van der Waals surface area contributed by atoms with Crippen molar-refractivity contribution in [2.45, 2.75) is 13.8 Å². The van der Waals surface area contributed by atoms with E-state index in [2.05, 4.69) is 10.6 Å². The van der Waals surface area contributed by atoms with Gasteiger partial charge < -0.3 is 14.8 Å². The third-order valence-electron chi connectivity index (χ3n) is 3.30. The van der Waals surface area contributed by atoms with Gasteiger partial charge in [0.2, 0.25) is 0 Å². The maximum atomic E-state index is 11.9. The number of carbonyl (C=O) groups excluding carboxylic acids is 1. The topological polar surface area (TPSA) is 59.6 Å². The number of thiocarbonyl (C=S) groups is 1. The number of anilines is 1. The van der Waals surface area contributed by atoms with Gasteiger partial charge in [0.15, 0.2) is 11.7 Å². The van der Waals surface area contributed by atoms with E-state index in [4.69, 9.17) is 21.7 Å². The lowest BCUT2D eigenvalue weighted by molar-refractivity contribution is -0.121. The molecule has 0 aliphatic heterocycles. The Kier molecular flexibility index (Phi) is 6.14. The van der Waals surface area contributed by atoms with Gasteiger partial charge in [0.25, 0.3) is 5.91 Å². The summed E-state index contributed by atoms with van der Waals surface area (Å²) in [5.41, 5.74) is 2.82. The minimum atomic E-state index is -0.318. The largest absolute Gasteiger partial charge is 0.497 e. The van der Waals surface area contributed by atoms with E-state index >= 15 is 0 Å². The number of benzene rings is 2. The van der Waals surface area contributed by atoms with Crippen molar-refractivity contribution < 1.29 is 14.3 Å². The van der Waals surface area contributed by atoms with Crippen LogP contribution < -0.4 is 20.1 Å². The van der Waals surface area contributed by atoms with E-state index in [-0.39, 0.29) is 17.6 Å². The minimum Gasteiger partial charge on any atom is -0.497 e. The quantitative estimate of drug-likeness (QED) is 0.816. The number of hydrogen-bond donors (Lipinski definition) is 2. The predicted molar refractivity (Wildman–Crippen MR) is 98.8 cm³/mol. The number of carbonyl (C=O) groups is 1. The molecular formula is C18H20N2O3S. The van der Waals surface area contributed by atoms with Crippen molar-refractivity contribution in [3.63, 3.8) is 0 Å². The van der Waals surface area contributed by atoms with E-state index in [0.29, 0.717) is 5.75 Å². The highest BCUT2D eigenvalue weighted by Crippen LogP contribution is 2.19. The lowest BCUT2D eigenvalue weighted by Crippen LogP contribution is -2.37. The molecule has 0 fully saturated rings. The van der Waals surface area contributed by atoms with Crippen LogP contribution in [-0.4, -0.2) is 24.7 Å². The van der Waals surface area contributed by atoms with E-state index in [9.17, 15) is 4.79 Å². The summed E-state index contributed by atoms with van der Waals surface area (Å²) in [5.74, 6) is 1.12. The number of methoxy groups -OCH3 is 1. The number of rotatable bonds is 5. The Bertz CT molecular complexity index is 730. The van der Waals surface area contributed by atoms with E-state index in [1.165, 1.54) is 0 Å². The molecule has 0 unspecified atom stereocenters. The van der Waals surface area contributed by atoms with Crippen molar-refractivity contribution in [2.75, 3.05) is 19.0 Å². The second-order valence-electron chi connectivity index (χ2n) is 5.29. The summed E-state index contributed by atoms with van der Waals surface area (Å²) in [6, 6.07) is 13.1. The summed E-state index contributed by atoms with van der Waals surface area (Å²) in [6.07, 6.45) is 0. The molecular weight excluding hydrogens is 324 g/mol. The normalized spacial score (nSPS) is 9.96. The van der Waals surface area contributed by atoms with Crippen LogP contribution in [-0.2, 0) is 4.79 Å². The average Bonchev–Trinajstić information content (AvgIpc) is 2.56. The Morgan fingerprint density at radius 3 is 2.50 bits per heavy atom. The van der Waals surface area contributed by atoms with Crippen molar-refractivity contribution in [1.82, 2.24) is 5.32 Å². The van der Waals surface area contributed by atoms with Crippen molar-refractivity contribution in [3.8, 4) is 11.5 Å². The first-order valence-electron chi connectivity index (χ1n) is 7.43. The Labute approximate surface area is 147 Å². The van der Waals surface area contributed by atoms with Crippen LogP contribution in [0.1, 0.15) is 11.1 Å². The molecule has 5 nitrogen and oxygen atoms in total. The van der Waals surface area contributed by atoms with Crippen LogP contribution in [0, 0.1) is 13.8 Å². The zero-order valence-electron chi connectivity index (χ0n) is 13.9. The van der Waals surface area contributed by atoms with Crippen LogP contribution in [0.15, 0.2) is 42.5 Å². The molecule has 126 valence electrons. The van der Waals surface area contributed by atoms with Crippen LogP contribution in [0.4, 0.5) is 5.69 Å². The number of amides is 1. The highest BCUT2D eigenvalue weighted by molar-refractivity contribution is 7.80. The highest BCUT2D eigenvalue weighted by atomic mass is 32.1. The first kappa shape index (κ1) is 17.7. The number of ether oxygens (including phenoxy) is 2. The molecule has 2 aromatic rings. The SMILES string of the molecule is COc1ccc(NC(=S)NC(=O)COc2cc(C)ccc2C)cc1. The molecule has 24 heavy (non-hydrogen) atoms. The fourth-order valence-corrected chi connectivity index (χ4v) is 2.24. The monoisotopic (exact) mass is 344 g/mol. The molecule has 0 saturated heterocycles. The standard InChI is InChI=1S/C18H20N2O3S/c1-12-4-5-13(2)16(10-12)23-11-17(21)20-18(24)19-14-6-8-15(22-3)9-7-14/h4-10H,11H2,1-3H3,(H2,19,20,21,24). The van der Waals surface area contributed by atoms with Gasteiger partial charge in [0.1, 0.15) is 11.5 Å². The average molecular weight is 344 g/mol. The molecule has 0 radical (unpaired) electrons. The Morgan fingerprint density at radius 2 is 1.83 bits per heavy atom. The third-order valence-corrected chi connectivity index (χ3v) is 3.51. The molecule has 1 amide bonds. The van der Waals surface area contributed by atoms with E-state index < -0.39 is 0 Å². The molecule has 0 spiro atoms.